The summed E-state index contributed by atoms with van der Waals surface area (Å²) in [4.78, 5) is 14.5. The summed E-state index contributed by atoms with van der Waals surface area (Å²) in [7, 11) is 0. The zero-order valence-electron chi connectivity index (χ0n) is 16.2. The highest BCUT2D eigenvalue weighted by atomic mass is 32.1. The minimum atomic E-state index is -0.0880. The standard InChI is InChI=1S/C23H22N4OS/c1-2-3-14-26-22(28)20(24-23(26)29)15-18-16-27(19-12-8-5-9-13-19)25-21(18)17-10-6-4-7-11-17/h4-13,15-16H,2-3,14H2,1H3,(H,24,29)/b20-15+. The van der Waals surface area contributed by atoms with E-state index in [4.69, 9.17) is 17.3 Å². The van der Waals surface area contributed by atoms with Crippen molar-refractivity contribution in [1.82, 2.24) is 20.0 Å². The van der Waals surface area contributed by atoms with Gasteiger partial charge in [-0.2, -0.15) is 5.10 Å². The second kappa shape index (κ2) is 8.41. The molecule has 2 heterocycles. The molecular formula is C23H22N4OS. The summed E-state index contributed by atoms with van der Waals surface area (Å²) in [5.74, 6) is -0.0880. The van der Waals surface area contributed by atoms with Gasteiger partial charge in [-0.15, -0.1) is 0 Å². The lowest BCUT2D eigenvalue weighted by molar-refractivity contribution is -0.122. The van der Waals surface area contributed by atoms with Gasteiger partial charge in [-0.25, -0.2) is 4.68 Å². The number of nitrogens with one attached hydrogen (secondary N) is 1. The van der Waals surface area contributed by atoms with Crippen LogP contribution in [0.25, 0.3) is 23.0 Å². The van der Waals surface area contributed by atoms with E-state index in [2.05, 4.69) is 12.2 Å². The predicted octanol–water partition coefficient (Wildman–Crippen LogP) is 4.40. The van der Waals surface area contributed by atoms with Crippen LogP contribution in [-0.2, 0) is 4.79 Å². The number of rotatable bonds is 6. The molecule has 1 aromatic heterocycles. The first-order chi connectivity index (χ1) is 14.2. The monoisotopic (exact) mass is 402 g/mol. The fourth-order valence-corrected chi connectivity index (χ4v) is 3.56. The molecule has 1 fully saturated rings. The molecule has 29 heavy (non-hydrogen) atoms. The fraction of sp³-hybridized carbons (Fsp3) is 0.174. The number of carbonyl (C=O) groups is 1. The summed E-state index contributed by atoms with van der Waals surface area (Å²) in [6.45, 7) is 2.73. The Bertz CT molecular complexity index is 1060. The summed E-state index contributed by atoms with van der Waals surface area (Å²) in [6, 6.07) is 19.9. The molecule has 0 unspecified atom stereocenters. The van der Waals surface area contributed by atoms with Gasteiger partial charge in [0.05, 0.1) is 5.69 Å². The maximum Gasteiger partial charge on any atom is 0.276 e. The second-order valence-corrected chi connectivity index (χ2v) is 7.26. The van der Waals surface area contributed by atoms with Crippen molar-refractivity contribution in [1.29, 1.82) is 0 Å². The number of hydrogen-bond donors (Lipinski definition) is 1. The molecular weight excluding hydrogens is 380 g/mol. The van der Waals surface area contributed by atoms with Crippen LogP contribution in [0, 0.1) is 0 Å². The molecule has 3 aromatic rings. The third kappa shape index (κ3) is 3.98. The van der Waals surface area contributed by atoms with E-state index in [0.717, 1.165) is 35.3 Å². The molecule has 5 nitrogen and oxygen atoms in total. The summed E-state index contributed by atoms with van der Waals surface area (Å²) in [6.07, 6.45) is 5.71. The number of thiocarbonyl (C=S) groups is 1. The van der Waals surface area contributed by atoms with Crippen molar-refractivity contribution >= 4 is 29.3 Å². The second-order valence-electron chi connectivity index (χ2n) is 6.88. The van der Waals surface area contributed by atoms with Gasteiger partial charge in [0.15, 0.2) is 5.11 Å². The number of amides is 1. The van der Waals surface area contributed by atoms with Gasteiger partial charge in [-0.05, 0) is 36.8 Å². The van der Waals surface area contributed by atoms with Crippen molar-refractivity contribution in [3.63, 3.8) is 0 Å². The Hall–Kier alpha value is -3.25. The lowest BCUT2D eigenvalue weighted by Gasteiger charge is -2.12. The molecule has 0 spiro atoms. The average Bonchev–Trinajstić information content (AvgIpc) is 3.29. The van der Waals surface area contributed by atoms with E-state index >= 15 is 0 Å². The maximum atomic E-state index is 12.8. The van der Waals surface area contributed by atoms with Gasteiger partial charge in [0.25, 0.3) is 5.91 Å². The quantitative estimate of drug-likeness (QED) is 0.491. The highest BCUT2D eigenvalue weighted by molar-refractivity contribution is 7.80. The third-order valence-electron chi connectivity index (χ3n) is 4.81. The van der Waals surface area contributed by atoms with Gasteiger partial charge >= 0.3 is 0 Å². The van der Waals surface area contributed by atoms with Gasteiger partial charge in [-0.3, -0.25) is 9.69 Å². The summed E-state index contributed by atoms with van der Waals surface area (Å²) < 4.78 is 1.83. The van der Waals surface area contributed by atoms with Crippen LogP contribution >= 0.6 is 12.2 Å². The van der Waals surface area contributed by atoms with Crippen LogP contribution < -0.4 is 5.32 Å². The molecule has 1 aliphatic rings. The number of hydrogen-bond acceptors (Lipinski definition) is 3. The van der Waals surface area contributed by atoms with E-state index in [9.17, 15) is 4.79 Å². The number of para-hydroxylation sites is 1. The van der Waals surface area contributed by atoms with Crippen molar-refractivity contribution in [2.24, 2.45) is 0 Å². The Balaban J connectivity index is 1.75. The van der Waals surface area contributed by atoms with Crippen LogP contribution in [0.2, 0.25) is 0 Å². The third-order valence-corrected chi connectivity index (χ3v) is 5.13. The van der Waals surface area contributed by atoms with E-state index in [0.29, 0.717) is 17.4 Å². The molecule has 6 heteroatoms. The molecule has 2 aromatic carbocycles. The topological polar surface area (TPSA) is 50.2 Å². The molecule has 1 saturated heterocycles. The van der Waals surface area contributed by atoms with Crippen molar-refractivity contribution < 1.29 is 4.79 Å². The minimum absolute atomic E-state index is 0.0880. The van der Waals surface area contributed by atoms with Crippen LogP contribution in [0.3, 0.4) is 0 Å². The van der Waals surface area contributed by atoms with E-state index in [1.54, 1.807) is 4.90 Å². The van der Waals surface area contributed by atoms with E-state index in [1.165, 1.54) is 0 Å². The van der Waals surface area contributed by atoms with Gasteiger partial charge in [-0.1, -0.05) is 61.9 Å². The Morgan fingerprint density at radius 3 is 2.45 bits per heavy atom. The van der Waals surface area contributed by atoms with Crippen molar-refractivity contribution in [2.75, 3.05) is 6.54 Å². The molecule has 1 aliphatic heterocycles. The highest BCUT2D eigenvalue weighted by Gasteiger charge is 2.30. The molecule has 1 N–H and O–H groups in total. The fourth-order valence-electron chi connectivity index (χ4n) is 3.27. The summed E-state index contributed by atoms with van der Waals surface area (Å²) in [5.41, 5.74) is 4.10. The lowest BCUT2D eigenvalue weighted by Crippen LogP contribution is -2.31. The minimum Gasteiger partial charge on any atom is -0.328 e. The van der Waals surface area contributed by atoms with Crippen LogP contribution in [0.5, 0.6) is 0 Å². The smallest absolute Gasteiger partial charge is 0.276 e. The van der Waals surface area contributed by atoms with Crippen LogP contribution in [-0.4, -0.2) is 32.2 Å². The van der Waals surface area contributed by atoms with Crippen LogP contribution in [0.4, 0.5) is 0 Å². The van der Waals surface area contributed by atoms with Gasteiger partial charge in [0, 0.05) is 23.9 Å². The Labute approximate surface area is 175 Å². The van der Waals surface area contributed by atoms with Crippen molar-refractivity contribution in [2.45, 2.75) is 19.8 Å². The molecule has 4 rings (SSSR count). The number of nitrogens with zero attached hydrogens (tertiary/aromatic N) is 3. The van der Waals surface area contributed by atoms with Gasteiger partial charge in [0.1, 0.15) is 11.4 Å². The van der Waals surface area contributed by atoms with Gasteiger partial charge in [0.2, 0.25) is 0 Å². The summed E-state index contributed by atoms with van der Waals surface area (Å²) in [5, 5.41) is 8.33. The number of unbranched alkanes of at least 4 members (excludes halogenated alkanes) is 1. The first-order valence-electron chi connectivity index (χ1n) is 9.72. The molecule has 0 aliphatic carbocycles. The molecule has 0 saturated carbocycles. The lowest BCUT2D eigenvalue weighted by atomic mass is 10.1. The normalized spacial score (nSPS) is 15.2. The Morgan fingerprint density at radius 2 is 1.76 bits per heavy atom. The first kappa shape index (κ1) is 19.1. The van der Waals surface area contributed by atoms with E-state index in [1.807, 2.05) is 77.6 Å². The number of carbonyl (C=O) groups excluding carboxylic acids is 1. The van der Waals surface area contributed by atoms with Gasteiger partial charge < -0.3 is 5.32 Å². The molecule has 0 bridgehead atoms. The number of aromatic nitrogens is 2. The zero-order valence-corrected chi connectivity index (χ0v) is 17.0. The van der Waals surface area contributed by atoms with Crippen molar-refractivity contribution in [3.05, 3.63) is 78.1 Å². The van der Waals surface area contributed by atoms with E-state index < -0.39 is 0 Å². The van der Waals surface area contributed by atoms with Crippen LogP contribution in [0.15, 0.2) is 72.6 Å². The number of benzene rings is 2. The van der Waals surface area contributed by atoms with Crippen molar-refractivity contribution in [3.8, 4) is 16.9 Å². The van der Waals surface area contributed by atoms with E-state index in [-0.39, 0.29) is 5.91 Å². The molecule has 1 amide bonds. The predicted molar refractivity (Wildman–Crippen MR) is 119 cm³/mol. The van der Waals surface area contributed by atoms with Crippen LogP contribution in [0.1, 0.15) is 25.3 Å². The highest BCUT2D eigenvalue weighted by Crippen LogP contribution is 2.26. The largest absolute Gasteiger partial charge is 0.328 e. The Kier molecular flexibility index (Phi) is 5.53. The Morgan fingerprint density at radius 1 is 1.07 bits per heavy atom. The summed E-state index contributed by atoms with van der Waals surface area (Å²) >= 11 is 5.36. The maximum absolute atomic E-state index is 12.8. The average molecular weight is 403 g/mol. The molecule has 0 atom stereocenters. The molecule has 146 valence electrons. The zero-order chi connectivity index (χ0) is 20.2. The molecule has 0 radical (unpaired) electrons. The SMILES string of the molecule is CCCCN1C(=O)/C(=C\c2cn(-c3ccccc3)nc2-c2ccccc2)NC1=S. The first-order valence-corrected chi connectivity index (χ1v) is 10.1.